The van der Waals surface area contributed by atoms with E-state index >= 15 is 0 Å². The normalized spacial score (nSPS) is 23.2. The first-order chi connectivity index (χ1) is 8.79. The van der Waals surface area contributed by atoms with Crippen LogP contribution in [0.4, 0.5) is 5.95 Å². The molecule has 0 bridgehead atoms. The molecule has 0 amide bonds. The SMILES string of the molecule is CCCN1CCC=C2c3nc(N)ncc3CCC21. The predicted molar refractivity (Wildman–Crippen MR) is 73.0 cm³/mol. The predicted octanol–water partition coefficient (Wildman–Crippen LogP) is 1.87. The monoisotopic (exact) mass is 244 g/mol. The summed E-state index contributed by atoms with van der Waals surface area (Å²) in [4.78, 5) is 11.2. The molecule has 18 heavy (non-hydrogen) atoms. The number of nitrogens with two attached hydrogens (primary N) is 1. The number of aryl methyl sites for hydroxylation is 1. The lowest BCUT2D eigenvalue weighted by atomic mass is 9.84. The van der Waals surface area contributed by atoms with E-state index in [0.717, 1.165) is 18.5 Å². The first-order valence-corrected chi connectivity index (χ1v) is 6.85. The molecule has 0 aromatic carbocycles. The molecular formula is C14H20N4. The average molecular weight is 244 g/mol. The number of anilines is 1. The number of hydrogen-bond acceptors (Lipinski definition) is 4. The van der Waals surface area contributed by atoms with E-state index in [1.807, 2.05) is 6.20 Å². The molecular weight excluding hydrogens is 224 g/mol. The van der Waals surface area contributed by atoms with Crippen LogP contribution in [0.25, 0.3) is 5.57 Å². The largest absolute Gasteiger partial charge is 0.368 e. The lowest BCUT2D eigenvalue weighted by Crippen LogP contribution is -2.42. The van der Waals surface area contributed by atoms with Crippen molar-refractivity contribution in [3.8, 4) is 0 Å². The van der Waals surface area contributed by atoms with Crippen molar-refractivity contribution in [2.24, 2.45) is 0 Å². The van der Waals surface area contributed by atoms with Crippen LogP contribution in [-0.2, 0) is 6.42 Å². The molecule has 2 aliphatic rings. The molecule has 1 atom stereocenters. The van der Waals surface area contributed by atoms with Crippen LogP contribution in [0, 0.1) is 0 Å². The van der Waals surface area contributed by atoms with Crippen LogP contribution >= 0.6 is 0 Å². The molecule has 0 fully saturated rings. The fraction of sp³-hybridized carbons (Fsp3) is 0.571. The molecule has 3 rings (SSSR count). The zero-order chi connectivity index (χ0) is 12.5. The molecule has 2 heterocycles. The van der Waals surface area contributed by atoms with Gasteiger partial charge in [-0.25, -0.2) is 9.97 Å². The van der Waals surface area contributed by atoms with Crippen molar-refractivity contribution in [2.75, 3.05) is 18.8 Å². The van der Waals surface area contributed by atoms with Gasteiger partial charge in [-0.15, -0.1) is 0 Å². The molecule has 1 aromatic heterocycles. The van der Waals surface area contributed by atoms with E-state index in [1.165, 1.54) is 37.1 Å². The van der Waals surface area contributed by atoms with Crippen LogP contribution in [0.2, 0.25) is 0 Å². The van der Waals surface area contributed by atoms with Crippen molar-refractivity contribution >= 4 is 11.5 Å². The van der Waals surface area contributed by atoms with Gasteiger partial charge in [0.2, 0.25) is 5.95 Å². The molecule has 4 nitrogen and oxygen atoms in total. The fourth-order valence-electron chi connectivity index (χ4n) is 3.17. The van der Waals surface area contributed by atoms with Gasteiger partial charge < -0.3 is 5.73 Å². The highest BCUT2D eigenvalue weighted by molar-refractivity contribution is 5.72. The second kappa shape index (κ2) is 4.69. The molecule has 96 valence electrons. The summed E-state index contributed by atoms with van der Waals surface area (Å²) >= 11 is 0. The second-order valence-corrected chi connectivity index (χ2v) is 5.14. The van der Waals surface area contributed by atoms with E-state index in [9.17, 15) is 0 Å². The average Bonchev–Trinajstić information content (AvgIpc) is 2.39. The summed E-state index contributed by atoms with van der Waals surface area (Å²) < 4.78 is 0. The lowest BCUT2D eigenvalue weighted by Gasteiger charge is -2.39. The number of fused-ring (bicyclic) bond motifs is 3. The third-order valence-corrected chi connectivity index (χ3v) is 3.93. The molecule has 0 spiro atoms. The highest BCUT2D eigenvalue weighted by Gasteiger charge is 2.31. The van der Waals surface area contributed by atoms with Gasteiger partial charge in [0, 0.05) is 18.8 Å². The van der Waals surface area contributed by atoms with Gasteiger partial charge in [-0.3, -0.25) is 4.90 Å². The van der Waals surface area contributed by atoms with Gasteiger partial charge in [0.15, 0.2) is 0 Å². The number of rotatable bonds is 2. The van der Waals surface area contributed by atoms with Crippen molar-refractivity contribution in [3.63, 3.8) is 0 Å². The summed E-state index contributed by atoms with van der Waals surface area (Å²) in [6, 6.07) is 0.542. The Morgan fingerprint density at radius 2 is 2.39 bits per heavy atom. The summed E-state index contributed by atoms with van der Waals surface area (Å²) in [5.74, 6) is 0.392. The zero-order valence-corrected chi connectivity index (χ0v) is 10.9. The Kier molecular flexibility index (Phi) is 3.04. The standard InChI is InChI=1S/C14H20N4/c1-2-7-18-8-3-4-11-12(18)6-5-10-9-16-14(15)17-13(10)11/h4,9,12H,2-3,5-8H2,1H3,(H2,15,16,17). The Hall–Kier alpha value is -1.42. The molecule has 1 aromatic rings. The molecule has 1 unspecified atom stereocenters. The fourth-order valence-corrected chi connectivity index (χ4v) is 3.17. The molecule has 0 saturated carbocycles. The summed E-state index contributed by atoms with van der Waals surface area (Å²) in [6.45, 7) is 4.60. The minimum Gasteiger partial charge on any atom is -0.368 e. The van der Waals surface area contributed by atoms with E-state index in [4.69, 9.17) is 5.73 Å². The molecule has 1 aliphatic heterocycles. The topological polar surface area (TPSA) is 55.0 Å². The third kappa shape index (κ3) is 1.90. The maximum atomic E-state index is 5.73. The molecule has 0 radical (unpaired) electrons. The summed E-state index contributed by atoms with van der Waals surface area (Å²) in [7, 11) is 0. The number of aromatic nitrogens is 2. The van der Waals surface area contributed by atoms with E-state index in [0.29, 0.717) is 12.0 Å². The first-order valence-electron chi connectivity index (χ1n) is 6.85. The maximum Gasteiger partial charge on any atom is 0.220 e. The Morgan fingerprint density at radius 3 is 3.22 bits per heavy atom. The van der Waals surface area contributed by atoms with Crippen molar-refractivity contribution in [3.05, 3.63) is 23.5 Å². The van der Waals surface area contributed by atoms with E-state index in [-0.39, 0.29) is 0 Å². The highest BCUT2D eigenvalue weighted by Crippen LogP contribution is 2.35. The van der Waals surface area contributed by atoms with E-state index < -0.39 is 0 Å². The second-order valence-electron chi connectivity index (χ2n) is 5.14. The van der Waals surface area contributed by atoms with Crippen molar-refractivity contribution in [2.45, 2.75) is 38.6 Å². The van der Waals surface area contributed by atoms with Crippen molar-refractivity contribution < 1.29 is 0 Å². The Labute approximate surface area is 108 Å². The van der Waals surface area contributed by atoms with E-state index in [1.54, 1.807) is 0 Å². The Balaban J connectivity index is 1.98. The number of nitrogen functional groups attached to an aromatic ring is 1. The quantitative estimate of drug-likeness (QED) is 0.863. The smallest absolute Gasteiger partial charge is 0.220 e. The van der Waals surface area contributed by atoms with Gasteiger partial charge in [0.1, 0.15) is 0 Å². The Bertz CT molecular complexity index is 481. The molecule has 1 aliphatic carbocycles. The van der Waals surface area contributed by atoms with E-state index in [2.05, 4.69) is 27.9 Å². The van der Waals surface area contributed by atoms with Crippen LogP contribution in [0.5, 0.6) is 0 Å². The summed E-state index contributed by atoms with van der Waals surface area (Å²) in [6.07, 6.45) is 8.83. The first kappa shape index (κ1) is 11.7. The van der Waals surface area contributed by atoms with Crippen LogP contribution < -0.4 is 5.73 Å². The van der Waals surface area contributed by atoms with Crippen molar-refractivity contribution in [1.29, 1.82) is 0 Å². The van der Waals surface area contributed by atoms with Gasteiger partial charge in [-0.2, -0.15) is 0 Å². The zero-order valence-electron chi connectivity index (χ0n) is 10.9. The van der Waals surface area contributed by atoms with Gasteiger partial charge >= 0.3 is 0 Å². The molecule has 2 N–H and O–H groups in total. The van der Waals surface area contributed by atoms with Crippen LogP contribution in [0.1, 0.15) is 37.4 Å². The number of nitrogens with zero attached hydrogens (tertiary/aromatic N) is 3. The van der Waals surface area contributed by atoms with Gasteiger partial charge in [0.05, 0.1) is 5.69 Å². The van der Waals surface area contributed by atoms with Gasteiger partial charge in [-0.1, -0.05) is 13.0 Å². The van der Waals surface area contributed by atoms with Crippen LogP contribution in [0.15, 0.2) is 12.3 Å². The molecule has 4 heteroatoms. The minimum absolute atomic E-state index is 0.392. The van der Waals surface area contributed by atoms with Gasteiger partial charge in [-0.05, 0) is 43.4 Å². The van der Waals surface area contributed by atoms with Gasteiger partial charge in [0.25, 0.3) is 0 Å². The summed E-state index contributed by atoms with van der Waals surface area (Å²) in [5, 5.41) is 0. The third-order valence-electron chi connectivity index (χ3n) is 3.93. The Morgan fingerprint density at radius 1 is 1.50 bits per heavy atom. The van der Waals surface area contributed by atoms with Crippen molar-refractivity contribution in [1.82, 2.24) is 14.9 Å². The number of hydrogen-bond donors (Lipinski definition) is 1. The molecule has 0 saturated heterocycles. The summed E-state index contributed by atoms with van der Waals surface area (Å²) in [5.41, 5.74) is 9.47. The lowest BCUT2D eigenvalue weighted by molar-refractivity contribution is 0.219. The highest BCUT2D eigenvalue weighted by atomic mass is 15.2. The minimum atomic E-state index is 0.392. The maximum absolute atomic E-state index is 5.73. The van der Waals surface area contributed by atoms with Crippen LogP contribution in [-0.4, -0.2) is 34.0 Å². The van der Waals surface area contributed by atoms with Crippen LogP contribution in [0.3, 0.4) is 0 Å².